The number of alkyl halides is 3. The molecule has 1 aliphatic carbocycles. The fourth-order valence-electron chi connectivity index (χ4n) is 4.96. The van der Waals surface area contributed by atoms with Crippen LogP contribution >= 0.6 is 0 Å². The summed E-state index contributed by atoms with van der Waals surface area (Å²) in [5.41, 5.74) is 19.1. The summed E-state index contributed by atoms with van der Waals surface area (Å²) in [6.45, 7) is 2.96. The molecule has 4 rings (SSSR count). The highest BCUT2D eigenvalue weighted by molar-refractivity contribution is 5.66. The first-order valence-corrected chi connectivity index (χ1v) is 12.1. The molecule has 10 N–H and O–H groups in total. The van der Waals surface area contributed by atoms with Crippen LogP contribution in [-0.4, -0.2) is 59.4 Å². The van der Waals surface area contributed by atoms with Gasteiger partial charge in [0, 0.05) is 43.4 Å². The highest BCUT2D eigenvalue weighted by Gasteiger charge is 2.48. The van der Waals surface area contributed by atoms with Gasteiger partial charge in [-0.15, -0.1) is 0 Å². The van der Waals surface area contributed by atoms with Gasteiger partial charge in [0.1, 0.15) is 0 Å². The molecule has 9 nitrogen and oxygen atoms in total. The van der Waals surface area contributed by atoms with Gasteiger partial charge >= 0.3 is 6.18 Å². The third-order valence-electron chi connectivity index (χ3n) is 6.79. The van der Waals surface area contributed by atoms with Crippen LogP contribution in [0.2, 0.25) is 0 Å². The van der Waals surface area contributed by atoms with E-state index < -0.39 is 17.7 Å². The van der Waals surface area contributed by atoms with Gasteiger partial charge in [-0.25, -0.2) is 0 Å². The van der Waals surface area contributed by atoms with Crippen molar-refractivity contribution in [3.8, 4) is 0 Å². The van der Waals surface area contributed by atoms with Crippen LogP contribution in [-0.2, 0) is 10.9 Å². The lowest BCUT2D eigenvalue weighted by molar-refractivity contribution is -0.304. The molecular weight excluding hydrogens is 477 g/mol. The zero-order chi connectivity index (χ0) is 26.9. The molecule has 2 aliphatic heterocycles. The molecule has 3 atom stereocenters. The fourth-order valence-corrected chi connectivity index (χ4v) is 4.96. The standard InChI is InChI=1S/C13H23NO3.C10H11F3N4.CH5N/c15-13(16,12-5-2-6-17-9-12)14-7-10-3-1-4-11(10)8-14;11-10(12,13)7-3-4-17-5-6(7)8(14)1-2-9(15)16;1-2/h10-12,15-16H,1-9H2;1-5H,14-16H2;2H2,1H3/b;8-1-;. The summed E-state index contributed by atoms with van der Waals surface area (Å²) in [7, 11) is 1.50. The summed E-state index contributed by atoms with van der Waals surface area (Å²) in [5, 5.41) is 20.8. The van der Waals surface area contributed by atoms with Crippen LogP contribution in [0.1, 0.15) is 43.2 Å². The van der Waals surface area contributed by atoms with Gasteiger partial charge in [0.05, 0.1) is 23.9 Å². The molecule has 1 aromatic rings. The van der Waals surface area contributed by atoms with Crippen molar-refractivity contribution < 1.29 is 28.1 Å². The summed E-state index contributed by atoms with van der Waals surface area (Å²) < 4.78 is 43.3. The highest BCUT2D eigenvalue weighted by Crippen LogP contribution is 2.41. The maximum Gasteiger partial charge on any atom is 0.417 e. The van der Waals surface area contributed by atoms with E-state index >= 15 is 0 Å². The minimum atomic E-state index is -4.49. The molecule has 2 saturated heterocycles. The summed E-state index contributed by atoms with van der Waals surface area (Å²) >= 11 is 0. The lowest BCUT2D eigenvalue weighted by Crippen LogP contribution is -2.55. The van der Waals surface area contributed by atoms with Gasteiger partial charge in [-0.2, -0.15) is 13.2 Å². The Bertz CT molecular complexity index is 872. The van der Waals surface area contributed by atoms with Crippen molar-refractivity contribution in [2.45, 2.75) is 44.2 Å². The number of ether oxygens (including phenoxy) is 1. The zero-order valence-corrected chi connectivity index (χ0v) is 20.6. The van der Waals surface area contributed by atoms with Crippen molar-refractivity contribution in [3.63, 3.8) is 0 Å². The van der Waals surface area contributed by atoms with Crippen molar-refractivity contribution in [3.05, 3.63) is 47.6 Å². The van der Waals surface area contributed by atoms with Gasteiger partial charge in [-0.1, -0.05) is 6.42 Å². The number of allylic oxidation sites excluding steroid dienone is 2. The van der Waals surface area contributed by atoms with E-state index in [1.54, 1.807) is 0 Å². The second kappa shape index (κ2) is 13.2. The SMILES string of the molecule is CN.NC(N)=C/C=C(\N)c1cnccc1C(F)(F)F.OC(O)(C1CCCOC1)N1CC2CCCC2C1. The first kappa shape index (κ1) is 29.8. The second-order valence-electron chi connectivity index (χ2n) is 9.17. The summed E-state index contributed by atoms with van der Waals surface area (Å²) in [5.74, 6) is -0.457. The number of pyridine rings is 1. The number of aliphatic hydroxyl groups is 2. The average molecular weight is 517 g/mol. The van der Waals surface area contributed by atoms with Crippen LogP contribution in [0, 0.1) is 17.8 Å². The van der Waals surface area contributed by atoms with Gasteiger partial charge in [-0.3, -0.25) is 9.88 Å². The van der Waals surface area contributed by atoms with Crippen LogP contribution in [0.25, 0.3) is 5.70 Å². The smallest absolute Gasteiger partial charge is 0.398 e. The maximum absolute atomic E-state index is 12.6. The Labute approximate surface area is 210 Å². The predicted octanol–water partition coefficient (Wildman–Crippen LogP) is 1.52. The van der Waals surface area contributed by atoms with Gasteiger partial charge in [0.15, 0.2) is 0 Å². The molecule has 0 amide bonds. The van der Waals surface area contributed by atoms with Gasteiger partial charge in [0.2, 0.25) is 5.91 Å². The quantitative estimate of drug-likeness (QED) is 0.256. The third kappa shape index (κ3) is 7.81. The predicted molar refractivity (Wildman–Crippen MR) is 131 cm³/mol. The van der Waals surface area contributed by atoms with Gasteiger partial charge in [0.25, 0.3) is 0 Å². The molecule has 3 heterocycles. The molecule has 0 radical (unpaired) electrons. The van der Waals surface area contributed by atoms with Crippen LogP contribution in [0.15, 0.2) is 36.4 Å². The van der Waals surface area contributed by atoms with E-state index in [0.717, 1.165) is 51.0 Å². The van der Waals surface area contributed by atoms with Crippen molar-refractivity contribution in [1.29, 1.82) is 0 Å². The molecule has 3 fully saturated rings. The van der Waals surface area contributed by atoms with E-state index in [4.69, 9.17) is 21.9 Å². The number of rotatable bonds is 4. The maximum atomic E-state index is 12.6. The molecule has 0 spiro atoms. The molecular formula is C24H39F3N6O3. The highest BCUT2D eigenvalue weighted by atomic mass is 19.4. The van der Waals surface area contributed by atoms with Crippen LogP contribution < -0.4 is 22.9 Å². The number of nitrogens with zero attached hydrogens (tertiary/aromatic N) is 2. The van der Waals surface area contributed by atoms with E-state index in [-0.39, 0.29) is 23.0 Å². The average Bonchev–Trinajstić information content (AvgIpc) is 3.47. The largest absolute Gasteiger partial charge is 0.417 e. The molecule has 1 saturated carbocycles. The molecule has 3 unspecified atom stereocenters. The lowest BCUT2D eigenvalue weighted by atomic mass is 9.97. The van der Waals surface area contributed by atoms with Gasteiger partial charge in [-0.05, 0) is 62.8 Å². The van der Waals surface area contributed by atoms with Crippen molar-refractivity contribution in [2.75, 3.05) is 33.4 Å². The number of likely N-dealkylation sites (tertiary alicyclic amines) is 1. The van der Waals surface area contributed by atoms with E-state index in [1.165, 1.54) is 38.5 Å². The monoisotopic (exact) mass is 516 g/mol. The Morgan fingerprint density at radius 3 is 2.22 bits per heavy atom. The van der Waals surface area contributed by atoms with Crippen molar-refractivity contribution >= 4 is 5.70 Å². The number of aromatic nitrogens is 1. The Hall–Kier alpha value is -2.38. The summed E-state index contributed by atoms with van der Waals surface area (Å²) in [6.07, 6.45) is 5.64. The second-order valence-corrected chi connectivity index (χ2v) is 9.17. The Morgan fingerprint density at radius 1 is 1.06 bits per heavy atom. The van der Waals surface area contributed by atoms with E-state index in [0.29, 0.717) is 18.4 Å². The number of nitrogens with two attached hydrogens (primary N) is 4. The minimum absolute atomic E-state index is 0.0506. The topological polar surface area (TPSA) is 170 Å². The van der Waals surface area contributed by atoms with E-state index in [9.17, 15) is 23.4 Å². The first-order valence-electron chi connectivity index (χ1n) is 12.1. The fraction of sp³-hybridized carbons (Fsp3) is 0.625. The van der Waals surface area contributed by atoms with E-state index in [1.807, 2.05) is 4.90 Å². The first-order chi connectivity index (χ1) is 17.0. The molecule has 204 valence electrons. The number of hydrogen-bond donors (Lipinski definition) is 6. The Balaban J connectivity index is 0.000000237. The molecule has 0 aromatic carbocycles. The van der Waals surface area contributed by atoms with Crippen LogP contribution in [0.3, 0.4) is 0 Å². The van der Waals surface area contributed by atoms with Gasteiger partial charge < -0.3 is 37.9 Å². The van der Waals surface area contributed by atoms with Crippen molar-refractivity contribution in [2.24, 2.45) is 40.7 Å². The number of hydrogen-bond acceptors (Lipinski definition) is 9. The molecule has 12 heteroatoms. The third-order valence-corrected chi connectivity index (χ3v) is 6.79. The lowest BCUT2D eigenvalue weighted by Gasteiger charge is -2.40. The van der Waals surface area contributed by atoms with Crippen LogP contribution in [0.4, 0.5) is 13.2 Å². The minimum Gasteiger partial charge on any atom is -0.398 e. The summed E-state index contributed by atoms with van der Waals surface area (Å²) in [4.78, 5) is 5.49. The Morgan fingerprint density at radius 2 is 1.69 bits per heavy atom. The number of fused-ring (bicyclic) bond motifs is 1. The van der Waals surface area contributed by atoms with E-state index in [2.05, 4.69) is 10.7 Å². The zero-order valence-electron chi connectivity index (χ0n) is 20.6. The molecule has 1 aromatic heterocycles. The Kier molecular flexibility index (Phi) is 11.0. The summed E-state index contributed by atoms with van der Waals surface area (Å²) in [6, 6.07) is 0.853. The molecule has 3 aliphatic rings. The van der Waals surface area contributed by atoms with Crippen LogP contribution in [0.5, 0.6) is 0 Å². The molecule has 36 heavy (non-hydrogen) atoms. The molecule has 0 bridgehead atoms. The normalized spacial score (nSPS) is 24.6. The van der Waals surface area contributed by atoms with Crippen molar-refractivity contribution in [1.82, 2.24) is 9.88 Å². The number of halogens is 3.